The summed E-state index contributed by atoms with van der Waals surface area (Å²) in [6.45, 7) is 1.18. The van der Waals surface area contributed by atoms with Gasteiger partial charge in [-0.05, 0) is 42.9 Å². The molecule has 0 saturated carbocycles. The van der Waals surface area contributed by atoms with Crippen LogP contribution in [-0.2, 0) is 10.0 Å². The minimum absolute atomic E-state index is 0.0508. The summed E-state index contributed by atoms with van der Waals surface area (Å²) in [6, 6.07) is 10.5. The third-order valence-corrected chi connectivity index (χ3v) is 6.73. The molecule has 0 spiro atoms. The van der Waals surface area contributed by atoms with Crippen molar-refractivity contribution >= 4 is 21.6 Å². The van der Waals surface area contributed by atoms with Gasteiger partial charge in [-0.3, -0.25) is 4.90 Å². The smallest absolute Gasteiger partial charge is 0.246 e. The Bertz CT molecular complexity index is 890. The summed E-state index contributed by atoms with van der Waals surface area (Å²) >= 11 is 6.00. The fourth-order valence-electron chi connectivity index (χ4n) is 3.10. The molecule has 1 aliphatic rings. The topological polar surface area (TPSA) is 49.9 Å². The van der Waals surface area contributed by atoms with E-state index in [9.17, 15) is 12.8 Å². The second-order valence-corrected chi connectivity index (χ2v) is 8.55. The molecular weight excluding hydrogens is 379 g/mol. The van der Waals surface area contributed by atoms with Gasteiger partial charge in [0.05, 0.1) is 7.11 Å². The van der Waals surface area contributed by atoms with Gasteiger partial charge in [-0.15, -0.1) is 0 Å². The fourth-order valence-corrected chi connectivity index (χ4v) is 4.96. The second kappa shape index (κ2) is 7.52. The van der Waals surface area contributed by atoms with Crippen molar-refractivity contribution in [2.75, 3.05) is 33.8 Å². The van der Waals surface area contributed by atoms with Crippen LogP contribution in [-0.4, -0.2) is 51.4 Å². The van der Waals surface area contributed by atoms with Crippen molar-refractivity contribution in [1.29, 1.82) is 0 Å². The van der Waals surface area contributed by atoms with E-state index in [-0.39, 0.29) is 29.0 Å². The zero-order chi connectivity index (χ0) is 18.9. The molecule has 0 bridgehead atoms. The van der Waals surface area contributed by atoms with Crippen LogP contribution in [0.3, 0.4) is 0 Å². The lowest BCUT2D eigenvalue weighted by Crippen LogP contribution is -2.48. The third-order valence-electron chi connectivity index (χ3n) is 4.61. The molecular formula is C18H20ClFN2O3S. The average Bonchev–Trinajstić information content (AvgIpc) is 2.63. The van der Waals surface area contributed by atoms with Crippen LogP contribution in [0.1, 0.15) is 11.6 Å². The third kappa shape index (κ3) is 3.71. The molecule has 1 aliphatic heterocycles. The molecule has 2 aromatic rings. The standard InChI is InChI=1S/C18H20ClFN2O3S/c1-21-9-10-22(12-16(21)13-3-6-15(20)7-4-13)26(23,24)18-11-14(19)5-8-17(18)25-2/h3-8,11,16H,9-10,12H2,1-2H3. The van der Waals surface area contributed by atoms with E-state index in [4.69, 9.17) is 16.3 Å². The molecule has 26 heavy (non-hydrogen) atoms. The first-order valence-corrected chi connectivity index (χ1v) is 9.94. The number of piperazine rings is 1. The number of ether oxygens (including phenoxy) is 1. The summed E-state index contributed by atoms with van der Waals surface area (Å²) in [6.07, 6.45) is 0. The summed E-state index contributed by atoms with van der Waals surface area (Å²) in [5.41, 5.74) is 0.867. The highest BCUT2D eigenvalue weighted by Gasteiger charge is 2.35. The van der Waals surface area contributed by atoms with Crippen molar-refractivity contribution in [3.63, 3.8) is 0 Å². The number of hydrogen-bond acceptors (Lipinski definition) is 4. The number of halogens is 2. The van der Waals surface area contributed by atoms with Crippen molar-refractivity contribution in [2.24, 2.45) is 0 Å². The molecule has 140 valence electrons. The van der Waals surface area contributed by atoms with E-state index in [1.54, 1.807) is 24.3 Å². The minimum atomic E-state index is -3.78. The molecule has 8 heteroatoms. The molecule has 1 saturated heterocycles. The predicted molar refractivity (Wildman–Crippen MR) is 98.5 cm³/mol. The highest BCUT2D eigenvalue weighted by atomic mass is 35.5. The maximum atomic E-state index is 13.2. The second-order valence-electron chi connectivity index (χ2n) is 6.21. The Morgan fingerprint density at radius 1 is 1.15 bits per heavy atom. The predicted octanol–water partition coefficient (Wildman–Crippen LogP) is 3.17. The maximum Gasteiger partial charge on any atom is 0.246 e. The lowest BCUT2D eigenvalue weighted by atomic mass is 10.0. The number of rotatable bonds is 4. The van der Waals surface area contributed by atoms with Crippen LogP contribution in [0.5, 0.6) is 5.75 Å². The van der Waals surface area contributed by atoms with Gasteiger partial charge in [0.15, 0.2) is 0 Å². The van der Waals surface area contributed by atoms with E-state index >= 15 is 0 Å². The van der Waals surface area contributed by atoms with Gasteiger partial charge in [-0.1, -0.05) is 23.7 Å². The first-order valence-electron chi connectivity index (χ1n) is 8.12. The van der Waals surface area contributed by atoms with Crippen molar-refractivity contribution in [1.82, 2.24) is 9.21 Å². The maximum absolute atomic E-state index is 13.2. The first kappa shape index (κ1) is 19.1. The molecule has 0 amide bonds. The normalized spacial score (nSPS) is 19.5. The number of nitrogens with zero attached hydrogens (tertiary/aromatic N) is 2. The van der Waals surface area contributed by atoms with Crippen LogP contribution in [0.25, 0.3) is 0 Å². The van der Waals surface area contributed by atoms with Crippen LogP contribution >= 0.6 is 11.6 Å². The van der Waals surface area contributed by atoms with Crippen LogP contribution in [0.15, 0.2) is 47.4 Å². The monoisotopic (exact) mass is 398 g/mol. The van der Waals surface area contributed by atoms with E-state index in [0.29, 0.717) is 18.1 Å². The van der Waals surface area contributed by atoms with Crippen LogP contribution in [0.4, 0.5) is 4.39 Å². The Morgan fingerprint density at radius 2 is 1.85 bits per heavy atom. The Balaban J connectivity index is 1.93. The molecule has 5 nitrogen and oxygen atoms in total. The summed E-state index contributed by atoms with van der Waals surface area (Å²) < 4.78 is 46.2. The van der Waals surface area contributed by atoms with Gasteiger partial charge in [0.25, 0.3) is 0 Å². The minimum Gasteiger partial charge on any atom is -0.495 e. The van der Waals surface area contributed by atoms with E-state index in [2.05, 4.69) is 4.90 Å². The van der Waals surface area contributed by atoms with Crippen molar-refractivity contribution in [2.45, 2.75) is 10.9 Å². The molecule has 1 atom stereocenters. The van der Waals surface area contributed by atoms with Crippen LogP contribution in [0, 0.1) is 5.82 Å². The van der Waals surface area contributed by atoms with E-state index in [1.165, 1.54) is 29.6 Å². The van der Waals surface area contributed by atoms with Gasteiger partial charge in [-0.2, -0.15) is 4.31 Å². The van der Waals surface area contributed by atoms with Gasteiger partial charge in [0.2, 0.25) is 10.0 Å². The summed E-state index contributed by atoms with van der Waals surface area (Å²) in [5.74, 6) is -0.0629. The van der Waals surface area contributed by atoms with Gasteiger partial charge in [-0.25, -0.2) is 12.8 Å². The Hall–Kier alpha value is -1.67. The lowest BCUT2D eigenvalue weighted by Gasteiger charge is -2.39. The van der Waals surface area contributed by atoms with E-state index < -0.39 is 10.0 Å². The molecule has 0 radical (unpaired) electrons. The van der Waals surface area contributed by atoms with Gasteiger partial charge < -0.3 is 4.74 Å². The van der Waals surface area contributed by atoms with Crippen molar-refractivity contribution in [3.8, 4) is 5.75 Å². The van der Waals surface area contributed by atoms with Gasteiger partial charge in [0, 0.05) is 30.7 Å². The number of hydrogen-bond donors (Lipinski definition) is 0. The molecule has 0 aromatic heterocycles. The Labute approximate surface area is 158 Å². The van der Waals surface area contributed by atoms with Crippen LogP contribution in [0.2, 0.25) is 5.02 Å². The highest BCUT2D eigenvalue weighted by molar-refractivity contribution is 7.89. The zero-order valence-corrected chi connectivity index (χ0v) is 16.1. The molecule has 2 aromatic carbocycles. The number of benzene rings is 2. The SMILES string of the molecule is COc1ccc(Cl)cc1S(=O)(=O)N1CCN(C)C(c2ccc(F)cc2)C1. The molecule has 1 unspecified atom stereocenters. The lowest BCUT2D eigenvalue weighted by molar-refractivity contribution is 0.148. The first-order chi connectivity index (χ1) is 12.3. The number of sulfonamides is 1. The van der Waals surface area contributed by atoms with Crippen molar-refractivity contribution in [3.05, 3.63) is 58.9 Å². The van der Waals surface area contributed by atoms with Crippen molar-refractivity contribution < 1.29 is 17.5 Å². The van der Waals surface area contributed by atoms with Gasteiger partial charge in [0.1, 0.15) is 16.5 Å². The number of methoxy groups -OCH3 is 1. The van der Waals surface area contributed by atoms with Crippen LogP contribution < -0.4 is 4.74 Å². The fraction of sp³-hybridized carbons (Fsp3) is 0.333. The Morgan fingerprint density at radius 3 is 2.50 bits per heavy atom. The van der Waals surface area contributed by atoms with Gasteiger partial charge >= 0.3 is 0 Å². The molecule has 0 N–H and O–H groups in total. The number of likely N-dealkylation sites (N-methyl/N-ethyl adjacent to an activating group) is 1. The molecule has 1 heterocycles. The Kier molecular flexibility index (Phi) is 5.53. The van der Waals surface area contributed by atoms with E-state index in [0.717, 1.165) is 5.56 Å². The summed E-state index contributed by atoms with van der Waals surface area (Å²) in [4.78, 5) is 2.11. The van der Waals surface area contributed by atoms with E-state index in [1.807, 2.05) is 7.05 Å². The summed E-state index contributed by atoms with van der Waals surface area (Å²) in [5, 5.41) is 0.327. The quantitative estimate of drug-likeness (QED) is 0.793. The highest BCUT2D eigenvalue weighted by Crippen LogP contribution is 2.33. The average molecular weight is 399 g/mol. The zero-order valence-electron chi connectivity index (χ0n) is 14.5. The molecule has 1 fully saturated rings. The molecule has 0 aliphatic carbocycles. The molecule has 3 rings (SSSR count). The largest absolute Gasteiger partial charge is 0.495 e. The summed E-state index contributed by atoms with van der Waals surface area (Å²) in [7, 11) is -0.424.